The Bertz CT molecular complexity index is 1100. The van der Waals surface area contributed by atoms with Crippen LogP contribution in [-0.2, 0) is 16.2 Å². The van der Waals surface area contributed by atoms with E-state index in [0.717, 1.165) is 12.1 Å². The maximum absolute atomic E-state index is 12.9. The van der Waals surface area contributed by atoms with Crippen molar-refractivity contribution in [2.45, 2.75) is 11.1 Å². The summed E-state index contributed by atoms with van der Waals surface area (Å²) in [5, 5.41) is 5.00. The summed E-state index contributed by atoms with van der Waals surface area (Å²) in [6.45, 7) is 0.948. The molecule has 31 heavy (non-hydrogen) atoms. The molecular formula is C18H18ClF3N4O4S. The highest BCUT2D eigenvalue weighted by molar-refractivity contribution is 7.89. The molecule has 1 fully saturated rings. The van der Waals surface area contributed by atoms with Crippen LogP contribution in [0.25, 0.3) is 0 Å². The van der Waals surface area contributed by atoms with Crippen LogP contribution in [0.5, 0.6) is 5.75 Å². The van der Waals surface area contributed by atoms with E-state index in [2.05, 4.69) is 4.98 Å². The van der Waals surface area contributed by atoms with E-state index in [-0.39, 0.29) is 53.2 Å². The van der Waals surface area contributed by atoms with Gasteiger partial charge in [-0.2, -0.15) is 13.2 Å². The number of sulfonamides is 1. The van der Waals surface area contributed by atoms with Gasteiger partial charge >= 0.3 is 6.18 Å². The topological polar surface area (TPSA) is 106 Å². The molecule has 3 rings (SSSR count). The molecule has 0 spiro atoms. The lowest BCUT2D eigenvalue weighted by Gasteiger charge is -2.36. The van der Waals surface area contributed by atoms with Gasteiger partial charge in [0, 0.05) is 32.4 Å². The Morgan fingerprint density at radius 1 is 1.19 bits per heavy atom. The van der Waals surface area contributed by atoms with E-state index in [0.29, 0.717) is 6.20 Å². The molecule has 0 unspecified atom stereocenters. The van der Waals surface area contributed by atoms with Crippen molar-refractivity contribution in [3.8, 4) is 5.75 Å². The summed E-state index contributed by atoms with van der Waals surface area (Å²) in [5.74, 6) is -0.0867. The Morgan fingerprint density at radius 2 is 1.84 bits per heavy atom. The number of pyridine rings is 1. The molecule has 1 saturated heterocycles. The minimum atomic E-state index is -4.55. The molecule has 13 heteroatoms. The maximum Gasteiger partial charge on any atom is 0.417 e. The molecule has 0 saturated carbocycles. The minimum absolute atomic E-state index is 0.0353. The first-order valence-electron chi connectivity index (χ1n) is 8.89. The number of halogens is 4. The summed E-state index contributed by atoms with van der Waals surface area (Å²) < 4.78 is 66.8. The average molecular weight is 479 g/mol. The van der Waals surface area contributed by atoms with Gasteiger partial charge in [-0.3, -0.25) is 4.79 Å². The van der Waals surface area contributed by atoms with E-state index in [1.54, 1.807) is 4.90 Å². The summed E-state index contributed by atoms with van der Waals surface area (Å²) in [4.78, 5) is 19.7. The predicted octanol–water partition coefficient (Wildman–Crippen LogP) is 2.37. The number of piperazine rings is 1. The fourth-order valence-corrected chi connectivity index (χ4v) is 3.97. The zero-order valence-electron chi connectivity index (χ0n) is 16.2. The van der Waals surface area contributed by atoms with Gasteiger partial charge in [0.1, 0.15) is 11.6 Å². The van der Waals surface area contributed by atoms with Gasteiger partial charge in [0.15, 0.2) is 0 Å². The summed E-state index contributed by atoms with van der Waals surface area (Å²) in [5.41, 5.74) is -0.912. The van der Waals surface area contributed by atoms with E-state index in [1.165, 1.54) is 24.1 Å². The second-order valence-electron chi connectivity index (χ2n) is 6.71. The lowest BCUT2D eigenvalue weighted by molar-refractivity contribution is -0.137. The number of ether oxygens (including phenoxy) is 1. The van der Waals surface area contributed by atoms with E-state index in [1.807, 2.05) is 0 Å². The van der Waals surface area contributed by atoms with Gasteiger partial charge in [0.2, 0.25) is 10.0 Å². The number of amides is 1. The molecule has 168 valence electrons. The number of hydrogen-bond donors (Lipinski definition) is 1. The van der Waals surface area contributed by atoms with Crippen LogP contribution in [-0.4, -0.2) is 57.5 Å². The van der Waals surface area contributed by atoms with Crippen LogP contribution in [0, 0.1) is 0 Å². The number of hydrogen-bond acceptors (Lipinski definition) is 6. The van der Waals surface area contributed by atoms with Crippen LogP contribution in [0.3, 0.4) is 0 Å². The monoisotopic (exact) mass is 478 g/mol. The summed E-state index contributed by atoms with van der Waals surface area (Å²) in [6, 6.07) is 4.54. The van der Waals surface area contributed by atoms with Crippen molar-refractivity contribution in [3.63, 3.8) is 0 Å². The first kappa shape index (κ1) is 23.1. The molecule has 0 radical (unpaired) electrons. The van der Waals surface area contributed by atoms with Gasteiger partial charge < -0.3 is 14.5 Å². The Hall–Kier alpha value is -2.57. The predicted molar refractivity (Wildman–Crippen MR) is 107 cm³/mol. The molecule has 0 bridgehead atoms. The number of anilines is 1. The maximum atomic E-state index is 12.9. The van der Waals surface area contributed by atoms with Crippen molar-refractivity contribution < 1.29 is 31.1 Å². The highest BCUT2D eigenvalue weighted by Gasteiger charge is 2.33. The quantitative estimate of drug-likeness (QED) is 0.723. The average Bonchev–Trinajstić information content (AvgIpc) is 2.71. The van der Waals surface area contributed by atoms with Gasteiger partial charge in [0.05, 0.1) is 28.2 Å². The number of methoxy groups -OCH3 is 1. The van der Waals surface area contributed by atoms with Crippen LogP contribution in [0.4, 0.5) is 19.0 Å². The molecule has 0 aliphatic carbocycles. The third-order valence-corrected chi connectivity index (χ3v) is 5.93. The van der Waals surface area contributed by atoms with Crippen molar-refractivity contribution in [1.29, 1.82) is 0 Å². The number of primary sulfonamides is 1. The van der Waals surface area contributed by atoms with E-state index in [4.69, 9.17) is 21.5 Å². The number of nitrogens with zero attached hydrogens (tertiary/aromatic N) is 3. The fourth-order valence-electron chi connectivity index (χ4n) is 3.14. The summed E-state index contributed by atoms with van der Waals surface area (Å²) >= 11 is 5.99. The number of rotatable bonds is 4. The number of benzene rings is 1. The molecular weight excluding hydrogens is 461 g/mol. The van der Waals surface area contributed by atoms with E-state index < -0.39 is 27.7 Å². The van der Waals surface area contributed by atoms with Crippen LogP contribution in [0.15, 0.2) is 35.4 Å². The van der Waals surface area contributed by atoms with E-state index in [9.17, 15) is 26.4 Å². The Labute approximate surface area is 181 Å². The Kier molecular flexibility index (Phi) is 6.35. The SMILES string of the molecule is COc1ccc(S(N)(=O)=O)cc1C(=O)N1CCN(c2ncc(C(F)(F)F)cc2Cl)CC1. The Balaban J connectivity index is 1.76. The van der Waals surface area contributed by atoms with Crippen molar-refractivity contribution in [3.05, 3.63) is 46.6 Å². The molecule has 1 aromatic heterocycles. The largest absolute Gasteiger partial charge is 0.496 e. The highest BCUT2D eigenvalue weighted by atomic mass is 35.5. The first-order chi connectivity index (χ1) is 14.4. The zero-order chi connectivity index (χ0) is 23.0. The lowest BCUT2D eigenvalue weighted by atomic mass is 10.1. The molecule has 2 heterocycles. The number of carbonyl (C=O) groups is 1. The number of alkyl halides is 3. The lowest BCUT2D eigenvalue weighted by Crippen LogP contribution is -2.49. The van der Waals surface area contributed by atoms with Crippen LogP contribution in [0.2, 0.25) is 5.02 Å². The molecule has 1 aliphatic heterocycles. The molecule has 1 aromatic carbocycles. The highest BCUT2D eigenvalue weighted by Crippen LogP contribution is 2.34. The molecule has 2 N–H and O–H groups in total. The molecule has 0 atom stereocenters. The van der Waals surface area contributed by atoms with E-state index >= 15 is 0 Å². The zero-order valence-corrected chi connectivity index (χ0v) is 17.8. The molecule has 8 nitrogen and oxygen atoms in total. The number of carbonyl (C=O) groups excluding carboxylic acids is 1. The minimum Gasteiger partial charge on any atom is -0.496 e. The third-order valence-electron chi connectivity index (χ3n) is 4.75. The van der Waals surface area contributed by atoms with Gasteiger partial charge in [-0.05, 0) is 24.3 Å². The smallest absolute Gasteiger partial charge is 0.417 e. The van der Waals surface area contributed by atoms with Crippen molar-refractivity contribution >= 4 is 33.3 Å². The third kappa shape index (κ3) is 5.02. The summed E-state index contributed by atoms with van der Waals surface area (Å²) in [6.07, 6.45) is -3.84. The van der Waals surface area contributed by atoms with Crippen LogP contribution in [0.1, 0.15) is 15.9 Å². The normalized spacial score (nSPS) is 15.2. The fraction of sp³-hybridized carbons (Fsp3) is 0.333. The molecule has 2 aromatic rings. The van der Waals surface area contributed by atoms with Crippen molar-refractivity contribution in [2.24, 2.45) is 5.14 Å². The van der Waals surface area contributed by atoms with Crippen molar-refractivity contribution in [2.75, 3.05) is 38.2 Å². The summed E-state index contributed by atoms with van der Waals surface area (Å²) in [7, 11) is -2.67. The Morgan fingerprint density at radius 3 is 2.35 bits per heavy atom. The second kappa shape index (κ2) is 8.52. The standard InChI is InChI=1S/C18H18ClF3N4O4S/c1-30-15-3-2-12(31(23,28)29)9-13(15)17(27)26-6-4-25(5-7-26)16-14(19)8-11(10-24-16)18(20,21)22/h2-3,8-10H,4-7H2,1H3,(H2,23,28,29). The second-order valence-corrected chi connectivity index (χ2v) is 8.68. The number of nitrogens with two attached hydrogens (primary N) is 1. The molecule has 1 amide bonds. The van der Waals surface area contributed by atoms with Gasteiger partial charge in [-0.1, -0.05) is 11.6 Å². The van der Waals surface area contributed by atoms with Gasteiger partial charge in [-0.15, -0.1) is 0 Å². The number of aromatic nitrogens is 1. The molecule has 1 aliphatic rings. The first-order valence-corrected chi connectivity index (χ1v) is 10.8. The van der Waals surface area contributed by atoms with Crippen LogP contribution >= 0.6 is 11.6 Å². The van der Waals surface area contributed by atoms with Crippen LogP contribution < -0.4 is 14.8 Å². The van der Waals surface area contributed by atoms with Gasteiger partial charge in [0.25, 0.3) is 5.91 Å². The van der Waals surface area contributed by atoms with Crippen molar-refractivity contribution in [1.82, 2.24) is 9.88 Å². The van der Waals surface area contributed by atoms with Gasteiger partial charge in [-0.25, -0.2) is 18.5 Å².